The van der Waals surface area contributed by atoms with Gasteiger partial charge in [0.25, 0.3) is 5.95 Å². The van der Waals surface area contributed by atoms with Crippen LogP contribution in [0.25, 0.3) is 0 Å². The van der Waals surface area contributed by atoms with Crippen LogP contribution in [0.5, 0.6) is 0 Å². The molecule has 0 radical (unpaired) electrons. The molecule has 1 saturated heterocycles. The monoisotopic (exact) mass is 296 g/mol. The van der Waals surface area contributed by atoms with E-state index in [1.165, 1.54) is 0 Å². The number of carbonyl (C=O) groups is 1. The summed E-state index contributed by atoms with van der Waals surface area (Å²) in [4.78, 5) is 19.8. The van der Waals surface area contributed by atoms with E-state index in [0.29, 0.717) is 38.0 Å². The molecule has 7 nitrogen and oxygen atoms in total. The van der Waals surface area contributed by atoms with E-state index in [1.54, 1.807) is 11.8 Å². The van der Waals surface area contributed by atoms with Crippen molar-refractivity contribution in [2.24, 2.45) is 0 Å². The average Bonchev–Trinajstić information content (AvgIpc) is 2.86. The molecule has 1 aliphatic heterocycles. The molecule has 0 N–H and O–H groups in total. The molecule has 2 rings (SSSR count). The van der Waals surface area contributed by atoms with Crippen molar-refractivity contribution in [3.8, 4) is 0 Å². The molecule has 118 valence electrons. The van der Waals surface area contributed by atoms with Crippen molar-refractivity contribution in [3.05, 3.63) is 19.0 Å². The van der Waals surface area contributed by atoms with Gasteiger partial charge in [0.2, 0.25) is 5.89 Å². The Morgan fingerprint density at radius 3 is 2.24 bits per heavy atom. The molecule has 1 aromatic heterocycles. The fourth-order valence-corrected chi connectivity index (χ4v) is 1.83. The minimum absolute atomic E-state index is 0.267. The van der Waals surface area contributed by atoms with Gasteiger partial charge in [-0.2, -0.15) is 4.98 Å². The number of amides is 1. The Hall–Kier alpha value is -2.05. The van der Waals surface area contributed by atoms with Crippen LogP contribution in [0.3, 0.4) is 0 Å². The number of hydrogen-bond acceptors (Lipinski definition) is 6. The molecule has 2 heterocycles. The number of rotatable bonds is 1. The SMILES string of the molecule is C=C.Cc1nc(N2CCN(C(=O)OC(C)(C)C)CC2)no1. The van der Waals surface area contributed by atoms with E-state index in [-0.39, 0.29) is 6.09 Å². The molecule has 0 bridgehead atoms. The normalized spacial score (nSPS) is 15.2. The van der Waals surface area contributed by atoms with Crippen molar-refractivity contribution in [1.82, 2.24) is 15.0 Å². The maximum absolute atomic E-state index is 11.9. The zero-order chi connectivity index (χ0) is 16.0. The standard InChI is InChI=1S/C12H20N4O3.C2H4/c1-9-13-10(14-19-9)15-5-7-16(8-6-15)11(17)18-12(2,3)4;1-2/h5-8H2,1-4H3;1-2H2. The third-order valence-corrected chi connectivity index (χ3v) is 2.73. The van der Waals surface area contributed by atoms with E-state index >= 15 is 0 Å². The van der Waals surface area contributed by atoms with Gasteiger partial charge in [-0.15, -0.1) is 13.2 Å². The van der Waals surface area contributed by atoms with E-state index in [1.807, 2.05) is 25.7 Å². The first kappa shape index (κ1) is 17.0. The first-order valence-corrected chi connectivity index (χ1v) is 6.88. The summed E-state index contributed by atoms with van der Waals surface area (Å²) in [6, 6.07) is 0. The lowest BCUT2D eigenvalue weighted by molar-refractivity contribution is 0.0240. The second-order valence-electron chi connectivity index (χ2n) is 5.57. The highest BCUT2D eigenvalue weighted by Gasteiger charge is 2.27. The maximum atomic E-state index is 11.9. The molecule has 7 heteroatoms. The summed E-state index contributed by atoms with van der Waals surface area (Å²) in [5.41, 5.74) is -0.459. The van der Waals surface area contributed by atoms with Crippen molar-refractivity contribution >= 4 is 12.0 Å². The third-order valence-electron chi connectivity index (χ3n) is 2.73. The molecule has 1 aromatic rings. The summed E-state index contributed by atoms with van der Waals surface area (Å²) in [5, 5.41) is 3.87. The molecule has 0 aliphatic carbocycles. The molecule has 0 unspecified atom stereocenters. The molecule has 1 fully saturated rings. The first-order chi connectivity index (χ1) is 9.85. The van der Waals surface area contributed by atoms with E-state index < -0.39 is 5.60 Å². The van der Waals surface area contributed by atoms with E-state index in [4.69, 9.17) is 9.26 Å². The van der Waals surface area contributed by atoms with Gasteiger partial charge in [0.15, 0.2) is 0 Å². The molecule has 0 saturated carbocycles. The lowest BCUT2D eigenvalue weighted by Gasteiger charge is -2.34. The van der Waals surface area contributed by atoms with Crippen molar-refractivity contribution in [3.63, 3.8) is 0 Å². The van der Waals surface area contributed by atoms with Crippen LogP contribution in [0.15, 0.2) is 17.7 Å². The molecule has 0 spiro atoms. The maximum Gasteiger partial charge on any atom is 0.410 e. The number of nitrogens with zero attached hydrogens (tertiary/aromatic N) is 4. The molecule has 21 heavy (non-hydrogen) atoms. The van der Waals surface area contributed by atoms with Crippen LogP contribution in [-0.2, 0) is 4.74 Å². The van der Waals surface area contributed by atoms with Gasteiger partial charge in [0, 0.05) is 33.1 Å². The van der Waals surface area contributed by atoms with Gasteiger partial charge < -0.3 is 19.1 Å². The molecule has 1 aliphatic rings. The van der Waals surface area contributed by atoms with Crippen molar-refractivity contribution in [2.75, 3.05) is 31.1 Å². The highest BCUT2D eigenvalue weighted by atomic mass is 16.6. The Kier molecular flexibility index (Phi) is 5.75. The Bertz CT molecular complexity index is 459. The van der Waals surface area contributed by atoms with Gasteiger partial charge in [-0.25, -0.2) is 4.79 Å². The predicted molar refractivity (Wildman–Crippen MR) is 80.3 cm³/mol. The number of anilines is 1. The van der Waals surface area contributed by atoms with Crippen LogP contribution in [0.1, 0.15) is 26.7 Å². The summed E-state index contributed by atoms with van der Waals surface area (Å²) < 4.78 is 10.3. The largest absolute Gasteiger partial charge is 0.444 e. The highest BCUT2D eigenvalue weighted by molar-refractivity contribution is 5.68. The van der Waals surface area contributed by atoms with Crippen LogP contribution >= 0.6 is 0 Å². The molecular formula is C14H24N4O3. The number of ether oxygens (including phenoxy) is 1. The Morgan fingerprint density at radius 1 is 1.24 bits per heavy atom. The summed E-state index contributed by atoms with van der Waals surface area (Å²) in [6.07, 6.45) is -0.267. The second-order valence-corrected chi connectivity index (χ2v) is 5.57. The fraction of sp³-hybridized carbons (Fsp3) is 0.643. The Labute approximate surface area is 125 Å². The lowest BCUT2D eigenvalue weighted by Crippen LogP contribution is -2.50. The minimum Gasteiger partial charge on any atom is -0.444 e. The van der Waals surface area contributed by atoms with Crippen molar-refractivity contribution in [1.29, 1.82) is 0 Å². The Morgan fingerprint density at radius 2 is 1.81 bits per heavy atom. The van der Waals surface area contributed by atoms with Gasteiger partial charge in [-0.3, -0.25) is 0 Å². The molecular weight excluding hydrogens is 272 g/mol. The van der Waals surface area contributed by atoms with E-state index in [2.05, 4.69) is 23.3 Å². The zero-order valence-corrected chi connectivity index (χ0v) is 13.3. The molecule has 0 atom stereocenters. The second kappa shape index (κ2) is 7.10. The number of carbonyl (C=O) groups excluding carboxylic acids is 1. The van der Waals surface area contributed by atoms with Gasteiger partial charge in [0.1, 0.15) is 5.60 Å². The molecule has 1 amide bonds. The fourth-order valence-electron chi connectivity index (χ4n) is 1.83. The smallest absolute Gasteiger partial charge is 0.410 e. The van der Waals surface area contributed by atoms with Crippen LogP contribution in [-0.4, -0.2) is 52.9 Å². The minimum atomic E-state index is -0.459. The number of piperazine rings is 1. The first-order valence-electron chi connectivity index (χ1n) is 6.88. The summed E-state index contributed by atoms with van der Waals surface area (Å²) in [7, 11) is 0. The highest BCUT2D eigenvalue weighted by Crippen LogP contribution is 2.15. The van der Waals surface area contributed by atoms with Crippen LogP contribution in [0.2, 0.25) is 0 Å². The van der Waals surface area contributed by atoms with Crippen molar-refractivity contribution < 1.29 is 14.1 Å². The van der Waals surface area contributed by atoms with Crippen molar-refractivity contribution in [2.45, 2.75) is 33.3 Å². The predicted octanol–water partition coefficient (Wildman–Crippen LogP) is 2.24. The van der Waals surface area contributed by atoms with E-state index in [9.17, 15) is 4.79 Å². The summed E-state index contributed by atoms with van der Waals surface area (Å²) in [6.45, 7) is 15.9. The average molecular weight is 296 g/mol. The van der Waals surface area contributed by atoms with Crippen LogP contribution in [0, 0.1) is 6.92 Å². The number of aromatic nitrogens is 2. The van der Waals surface area contributed by atoms with Gasteiger partial charge in [-0.05, 0) is 25.9 Å². The van der Waals surface area contributed by atoms with Gasteiger partial charge in [0.05, 0.1) is 0 Å². The third kappa shape index (κ3) is 5.09. The summed E-state index contributed by atoms with van der Waals surface area (Å²) >= 11 is 0. The quantitative estimate of drug-likeness (QED) is 0.740. The zero-order valence-electron chi connectivity index (χ0n) is 13.3. The molecule has 0 aromatic carbocycles. The van der Waals surface area contributed by atoms with Gasteiger partial charge >= 0.3 is 6.09 Å². The van der Waals surface area contributed by atoms with Crippen LogP contribution in [0.4, 0.5) is 10.7 Å². The van der Waals surface area contributed by atoms with E-state index in [0.717, 1.165) is 0 Å². The summed E-state index contributed by atoms with van der Waals surface area (Å²) in [5.74, 6) is 1.13. The van der Waals surface area contributed by atoms with Gasteiger partial charge in [-0.1, -0.05) is 0 Å². The lowest BCUT2D eigenvalue weighted by atomic mass is 10.2. The Balaban J connectivity index is 0.00000106. The number of aryl methyl sites for hydroxylation is 1. The van der Waals surface area contributed by atoms with Crippen LogP contribution < -0.4 is 4.90 Å². The number of hydrogen-bond donors (Lipinski definition) is 0. The topological polar surface area (TPSA) is 71.7 Å².